The molecule has 29 heavy (non-hydrogen) atoms. The molecule has 0 unspecified atom stereocenters. The van der Waals surface area contributed by atoms with E-state index in [1.165, 1.54) is 0 Å². The Labute approximate surface area is 171 Å². The molecule has 150 valence electrons. The van der Waals surface area contributed by atoms with Gasteiger partial charge in [-0.2, -0.15) is 5.26 Å². The SMILES string of the molecule is C=Cn1c2c(c(C#N)c1N1CCNCC1)N=CN(CC(=O)C/C=C\C=C/C)C2=C. The van der Waals surface area contributed by atoms with Crippen molar-refractivity contribution in [2.75, 3.05) is 37.6 Å². The van der Waals surface area contributed by atoms with Crippen LogP contribution in [0.25, 0.3) is 11.9 Å². The first-order valence-corrected chi connectivity index (χ1v) is 9.68. The Bertz CT molecular complexity index is 937. The second-order valence-electron chi connectivity index (χ2n) is 6.81. The van der Waals surface area contributed by atoms with E-state index < -0.39 is 0 Å². The zero-order chi connectivity index (χ0) is 20.8. The van der Waals surface area contributed by atoms with Gasteiger partial charge in [0.15, 0.2) is 5.78 Å². The number of nitriles is 1. The molecule has 3 heterocycles. The van der Waals surface area contributed by atoms with Gasteiger partial charge in [-0.25, -0.2) is 4.99 Å². The number of carbonyl (C=O) groups excluding carboxylic acids is 1. The summed E-state index contributed by atoms with van der Waals surface area (Å²) in [6.07, 6.45) is 11.1. The van der Waals surface area contributed by atoms with Crippen molar-refractivity contribution in [3.63, 3.8) is 0 Å². The number of nitrogens with one attached hydrogen (secondary N) is 1. The molecule has 2 aliphatic rings. The molecule has 1 aromatic rings. The van der Waals surface area contributed by atoms with Gasteiger partial charge in [-0.1, -0.05) is 37.5 Å². The molecule has 0 aromatic carbocycles. The molecule has 0 saturated carbocycles. The summed E-state index contributed by atoms with van der Waals surface area (Å²) < 4.78 is 1.88. The molecule has 1 fully saturated rings. The van der Waals surface area contributed by atoms with E-state index in [-0.39, 0.29) is 12.3 Å². The summed E-state index contributed by atoms with van der Waals surface area (Å²) in [5.74, 6) is 0.844. The summed E-state index contributed by atoms with van der Waals surface area (Å²) in [7, 11) is 0. The molecule has 1 N–H and O–H groups in total. The van der Waals surface area contributed by atoms with Crippen LogP contribution in [-0.4, -0.2) is 54.3 Å². The third kappa shape index (κ3) is 4.08. The highest BCUT2D eigenvalue weighted by Gasteiger charge is 2.31. The van der Waals surface area contributed by atoms with Crippen molar-refractivity contribution < 1.29 is 4.79 Å². The second kappa shape index (κ2) is 9.22. The molecular weight excluding hydrogens is 364 g/mol. The number of rotatable bonds is 7. The Morgan fingerprint density at radius 2 is 2.14 bits per heavy atom. The van der Waals surface area contributed by atoms with Gasteiger partial charge in [0.2, 0.25) is 0 Å². The minimum atomic E-state index is 0.0568. The van der Waals surface area contributed by atoms with Crippen LogP contribution in [0.4, 0.5) is 11.5 Å². The van der Waals surface area contributed by atoms with E-state index in [1.54, 1.807) is 17.4 Å². The van der Waals surface area contributed by atoms with Crippen LogP contribution in [0.1, 0.15) is 24.6 Å². The Kier molecular flexibility index (Phi) is 6.47. The number of piperazine rings is 1. The Morgan fingerprint density at radius 3 is 2.79 bits per heavy atom. The number of nitrogens with zero attached hydrogens (tertiary/aromatic N) is 5. The summed E-state index contributed by atoms with van der Waals surface area (Å²) in [6, 6.07) is 2.31. The molecule has 3 rings (SSSR count). The minimum absolute atomic E-state index is 0.0568. The number of fused-ring (bicyclic) bond motifs is 1. The van der Waals surface area contributed by atoms with E-state index in [4.69, 9.17) is 0 Å². The van der Waals surface area contributed by atoms with Crippen molar-refractivity contribution >= 4 is 35.5 Å². The molecule has 0 aliphatic carbocycles. The topological polar surface area (TPSA) is 76.7 Å². The van der Waals surface area contributed by atoms with Crippen LogP contribution in [0.3, 0.4) is 0 Å². The summed E-state index contributed by atoms with van der Waals surface area (Å²) in [4.78, 5) is 20.8. The van der Waals surface area contributed by atoms with Crippen molar-refractivity contribution in [1.82, 2.24) is 14.8 Å². The second-order valence-corrected chi connectivity index (χ2v) is 6.81. The maximum Gasteiger partial charge on any atom is 0.156 e. The van der Waals surface area contributed by atoms with E-state index in [0.29, 0.717) is 29.1 Å². The minimum Gasteiger partial charge on any atom is -0.354 e. The van der Waals surface area contributed by atoms with Crippen LogP contribution in [0, 0.1) is 11.3 Å². The smallest absolute Gasteiger partial charge is 0.156 e. The number of aromatic nitrogens is 1. The number of Topliss-reactive ketones (excluding diaryl/α,β-unsaturated/α-hetero) is 1. The highest BCUT2D eigenvalue weighted by molar-refractivity contribution is 5.95. The highest BCUT2D eigenvalue weighted by atomic mass is 16.1. The number of hydrogen-bond acceptors (Lipinski definition) is 6. The van der Waals surface area contributed by atoms with Crippen molar-refractivity contribution in [1.29, 1.82) is 5.26 Å². The van der Waals surface area contributed by atoms with Gasteiger partial charge in [-0.3, -0.25) is 9.36 Å². The maximum atomic E-state index is 12.3. The normalized spacial score (nSPS) is 16.5. The van der Waals surface area contributed by atoms with E-state index >= 15 is 0 Å². The lowest BCUT2D eigenvalue weighted by atomic mass is 10.1. The molecule has 0 radical (unpaired) electrons. The van der Waals surface area contributed by atoms with Crippen molar-refractivity contribution in [3.8, 4) is 6.07 Å². The summed E-state index contributed by atoms with van der Waals surface area (Å²) in [5.41, 5.74) is 2.45. The van der Waals surface area contributed by atoms with Gasteiger partial charge >= 0.3 is 0 Å². The van der Waals surface area contributed by atoms with Crippen molar-refractivity contribution in [2.24, 2.45) is 4.99 Å². The lowest BCUT2D eigenvalue weighted by molar-refractivity contribution is -0.118. The van der Waals surface area contributed by atoms with Gasteiger partial charge in [-0.15, -0.1) is 0 Å². The molecule has 0 bridgehead atoms. The highest BCUT2D eigenvalue weighted by Crippen LogP contribution is 2.42. The zero-order valence-electron chi connectivity index (χ0n) is 16.8. The van der Waals surface area contributed by atoms with E-state index in [9.17, 15) is 10.1 Å². The van der Waals surface area contributed by atoms with Gasteiger partial charge in [0.1, 0.15) is 23.1 Å². The summed E-state index contributed by atoms with van der Waals surface area (Å²) in [5, 5.41) is 13.1. The quantitative estimate of drug-likeness (QED) is 0.725. The van der Waals surface area contributed by atoms with Gasteiger partial charge in [0.25, 0.3) is 0 Å². The molecule has 0 atom stereocenters. The monoisotopic (exact) mass is 390 g/mol. The van der Waals surface area contributed by atoms with Gasteiger partial charge in [0, 0.05) is 38.8 Å². The van der Waals surface area contributed by atoms with Gasteiger partial charge < -0.3 is 15.1 Å². The Hall–Kier alpha value is -3.37. The molecule has 7 heteroatoms. The Balaban J connectivity index is 1.89. The third-order valence-electron chi connectivity index (χ3n) is 4.94. The average molecular weight is 390 g/mol. The summed E-state index contributed by atoms with van der Waals surface area (Å²) >= 11 is 0. The van der Waals surface area contributed by atoms with Crippen molar-refractivity contribution in [3.05, 3.63) is 48.7 Å². The van der Waals surface area contributed by atoms with Crippen LogP contribution < -0.4 is 10.2 Å². The number of anilines is 1. The first-order chi connectivity index (χ1) is 14.1. The van der Waals surface area contributed by atoms with Crippen LogP contribution in [0.5, 0.6) is 0 Å². The van der Waals surface area contributed by atoms with Crippen LogP contribution in [-0.2, 0) is 4.79 Å². The molecular formula is C22H26N6O. The molecule has 0 spiro atoms. The molecule has 2 aliphatic heterocycles. The molecule has 1 aromatic heterocycles. The number of carbonyl (C=O) groups is 1. The van der Waals surface area contributed by atoms with E-state index in [0.717, 1.165) is 32.0 Å². The lowest BCUT2D eigenvalue weighted by Gasteiger charge is -2.30. The number of ketones is 1. The zero-order valence-corrected chi connectivity index (χ0v) is 16.8. The standard InChI is InChI=1S/C22H26N6O/c1-4-6-7-8-9-18(29)15-27-16-25-20-19(14-23)22(26-12-10-24-11-13-26)28(5-2)21(20)17(27)3/h4-8,16,24H,2-3,9-13,15H2,1H3/b6-4-,8-7-. The fourth-order valence-electron chi connectivity index (χ4n) is 3.55. The van der Waals surface area contributed by atoms with Crippen LogP contribution >= 0.6 is 0 Å². The number of hydrogen-bond donors (Lipinski definition) is 1. The fourth-order valence-corrected chi connectivity index (χ4v) is 3.55. The fraction of sp³-hybridized carbons (Fsp3) is 0.318. The molecule has 1 saturated heterocycles. The average Bonchev–Trinajstić information content (AvgIpc) is 3.08. The van der Waals surface area contributed by atoms with Gasteiger partial charge in [0.05, 0.1) is 24.3 Å². The molecule has 7 nitrogen and oxygen atoms in total. The number of aliphatic imine (C=N–C) groups is 1. The molecule has 0 amide bonds. The third-order valence-corrected chi connectivity index (χ3v) is 4.94. The predicted octanol–water partition coefficient (Wildman–Crippen LogP) is 2.91. The first-order valence-electron chi connectivity index (χ1n) is 9.68. The van der Waals surface area contributed by atoms with Crippen molar-refractivity contribution in [2.45, 2.75) is 13.3 Å². The van der Waals surface area contributed by atoms with Crippen LogP contribution in [0.2, 0.25) is 0 Å². The summed E-state index contributed by atoms with van der Waals surface area (Å²) in [6.45, 7) is 13.5. The maximum absolute atomic E-state index is 12.3. The predicted molar refractivity (Wildman–Crippen MR) is 118 cm³/mol. The van der Waals surface area contributed by atoms with E-state index in [2.05, 4.69) is 34.4 Å². The lowest BCUT2D eigenvalue weighted by Crippen LogP contribution is -2.44. The largest absolute Gasteiger partial charge is 0.354 e. The number of allylic oxidation sites excluding steroid dienone is 4. The Morgan fingerprint density at radius 1 is 1.38 bits per heavy atom. The van der Waals surface area contributed by atoms with E-state index in [1.807, 2.05) is 35.8 Å². The van der Waals surface area contributed by atoms with Crippen LogP contribution in [0.15, 0.2) is 42.5 Å². The first kappa shape index (κ1) is 20.4. The van der Waals surface area contributed by atoms with Gasteiger partial charge in [-0.05, 0) is 6.92 Å².